The van der Waals surface area contributed by atoms with E-state index < -0.39 is 71.8 Å². The van der Waals surface area contributed by atoms with E-state index in [9.17, 15) is 28.8 Å². The first kappa shape index (κ1) is 40.7. The highest BCUT2D eigenvalue weighted by atomic mass is 16.5. The van der Waals surface area contributed by atoms with Crippen molar-refractivity contribution in [1.29, 1.82) is 0 Å². The van der Waals surface area contributed by atoms with E-state index in [4.69, 9.17) is 4.74 Å². The largest absolute Gasteiger partial charge is 0.456 e. The number of cyclic esters (lactones) is 1. The molecule has 272 valence electrons. The van der Waals surface area contributed by atoms with Crippen LogP contribution in [0.4, 0.5) is 0 Å². The van der Waals surface area contributed by atoms with Crippen LogP contribution in [0.2, 0.25) is 0 Å². The maximum atomic E-state index is 13.8. The summed E-state index contributed by atoms with van der Waals surface area (Å²) in [7, 11) is 3.02. The van der Waals surface area contributed by atoms with E-state index in [-0.39, 0.29) is 23.7 Å². The SMILES string of the molecule is C/C1=C\[C@@H](C(C)(C)C)OC(=O)[C@H](CC(C)C)N(C)C(=O)[C@H](C)N(C)C(=O)CNC(=O)[C@H](C(C)C)NC(=O)[C@@H]2CCCN2C(=O)[C@H](C)CC1. The van der Waals surface area contributed by atoms with Gasteiger partial charge in [0.15, 0.2) is 0 Å². The lowest BCUT2D eigenvalue weighted by atomic mass is 9.87. The highest BCUT2D eigenvalue weighted by molar-refractivity contribution is 5.95. The standard InChI is InChI=1S/C36H61N5O7/c1-21(2)18-27-35(47)48-28(36(8,9)10)19-23(5)15-16-24(6)33(45)41-17-13-14-26(41)31(43)38-30(22(3)4)32(44)37-20-29(42)39(11)25(7)34(46)40(27)12/h19,21-22,24-28,30H,13-18,20H2,1-12H3,(H,37,44)(H,38,43)/b23-19+/t24-,25+,26+,27+,28+,30+/m1/s1. The van der Waals surface area contributed by atoms with Gasteiger partial charge in [-0.25, -0.2) is 4.79 Å². The minimum absolute atomic E-state index is 0.0688. The second-order valence-electron chi connectivity index (χ2n) is 15.6. The molecule has 0 spiro atoms. The summed E-state index contributed by atoms with van der Waals surface area (Å²) in [6.07, 6.45) is 3.99. The number of amides is 5. The number of rotatable bonds is 3. The number of carbonyl (C=O) groups is 6. The van der Waals surface area contributed by atoms with Crippen LogP contribution in [0.5, 0.6) is 0 Å². The van der Waals surface area contributed by atoms with Crippen molar-refractivity contribution in [2.24, 2.45) is 23.2 Å². The van der Waals surface area contributed by atoms with Crippen LogP contribution in [0.25, 0.3) is 0 Å². The average Bonchev–Trinajstić information content (AvgIpc) is 3.50. The van der Waals surface area contributed by atoms with E-state index >= 15 is 0 Å². The average molecular weight is 676 g/mol. The Morgan fingerprint density at radius 1 is 0.917 bits per heavy atom. The molecular formula is C36H61N5O7. The molecule has 0 aromatic heterocycles. The number of hydrogen-bond donors (Lipinski definition) is 2. The Kier molecular flexibility index (Phi) is 14.7. The Labute approximate surface area is 287 Å². The van der Waals surface area contributed by atoms with Gasteiger partial charge in [0.25, 0.3) is 0 Å². The van der Waals surface area contributed by atoms with Crippen LogP contribution in [0, 0.1) is 23.2 Å². The van der Waals surface area contributed by atoms with Gasteiger partial charge in [0.1, 0.15) is 30.3 Å². The fourth-order valence-electron chi connectivity index (χ4n) is 6.03. The third kappa shape index (κ3) is 10.8. The summed E-state index contributed by atoms with van der Waals surface area (Å²) in [6.45, 7) is 18.9. The Balaban J connectivity index is 2.51. The predicted molar refractivity (Wildman–Crippen MR) is 184 cm³/mol. The van der Waals surface area contributed by atoms with Gasteiger partial charge in [0, 0.05) is 32.0 Å². The molecule has 0 aromatic carbocycles. The minimum atomic E-state index is -0.933. The second kappa shape index (κ2) is 17.3. The molecule has 2 N–H and O–H groups in total. The number of likely N-dealkylation sites (N-methyl/N-ethyl adjacent to an activating group) is 2. The summed E-state index contributed by atoms with van der Waals surface area (Å²) in [5, 5.41) is 5.45. The van der Waals surface area contributed by atoms with Crippen molar-refractivity contribution in [2.75, 3.05) is 27.2 Å². The molecule has 48 heavy (non-hydrogen) atoms. The van der Waals surface area contributed by atoms with Gasteiger partial charge in [-0.3, -0.25) is 24.0 Å². The van der Waals surface area contributed by atoms with Crippen molar-refractivity contribution in [3.63, 3.8) is 0 Å². The molecule has 0 aliphatic carbocycles. The molecule has 0 unspecified atom stereocenters. The number of esters is 1. The number of fused-ring (bicyclic) bond motifs is 1. The minimum Gasteiger partial charge on any atom is -0.456 e. The Hall–Kier alpha value is -3.44. The summed E-state index contributed by atoms with van der Waals surface area (Å²) in [5.74, 6) is -3.11. The maximum Gasteiger partial charge on any atom is 0.329 e. The molecule has 2 rings (SSSR count). The predicted octanol–water partition coefficient (Wildman–Crippen LogP) is 3.29. The number of allylic oxidation sites excluding steroid dienone is 1. The van der Waals surface area contributed by atoms with Crippen LogP contribution < -0.4 is 10.6 Å². The zero-order valence-electron chi connectivity index (χ0n) is 31.3. The summed E-state index contributed by atoms with van der Waals surface area (Å²) in [4.78, 5) is 85.2. The third-order valence-electron chi connectivity index (χ3n) is 9.54. The number of ether oxygens (including phenoxy) is 1. The van der Waals surface area contributed by atoms with Crippen molar-refractivity contribution in [1.82, 2.24) is 25.3 Å². The second-order valence-corrected chi connectivity index (χ2v) is 15.6. The Morgan fingerprint density at radius 3 is 2.10 bits per heavy atom. The van der Waals surface area contributed by atoms with Gasteiger partial charge in [-0.2, -0.15) is 0 Å². The van der Waals surface area contributed by atoms with Crippen LogP contribution in [-0.2, 0) is 33.5 Å². The zero-order chi connectivity index (χ0) is 36.7. The highest BCUT2D eigenvalue weighted by Gasteiger charge is 2.39. The normalized spacial score (nSPS) is 29.8. The first-order valence-corrected chi connectivity index (χ1v) is 17.5. The van der Waals surface area contributed by atoms with E-state index in [1.807, 2.05) is 54.5 Å². The van der Waals surface area contributed by atoms with Crippen molar-refractivity contribution >= 4 is 35.5 Å². The first-order valence-electron chi connectivity index (χ1n) is 17.5. The van der Waals surface area contributed by atoms with Crippen molar-refractivity contribution in [3.8, 4) is 0 Å². The summed E-state index contributed by atoms with van der Waals surface area (Å²) < 4.78 is 6.13. The number of carbonyl (C=O) groups excluding carboxylic acids is 6. The molecule has 6 atom stereocenters. The number of hydrogen-bond acceptors (Lipinski definition) is 7. The van der Waals surface area contributed by atoms with Crippen molar-refractivity contribution in [2.45, 2.75) is 132 Å². The lowest BCUT2D eigenvalue weighted by molar-refractivity contribution is -0.162. The molecule has 2 aliphatic rings. The molecule has 5 amide bonds. The van der Waals surface area contributed by atoms with Gasteiger partial charge >= 0.3 is 5.97 Å². The molecule has 12 heteroatoms. The molecule has 0 aromatic rings. The Bertz CT molecular complexity index is 1220. The molecule has 0 radical (unpaired) electrons. The first-order chi connectivity index (χ1) is 22.2. The van der Waals surface area contributed by atoms with E-state index in [1.54, 1.807) is 32.7 Å². The molecule has 2 heterocycles. The fraction of sp³-hybridized carbons (Fsp3) is 0.778. The number of nitrogens with one attached hydrogen (secondary N) is 2. The van der Waals surface area contributed by atoms with Crippen molar-refractivity contribution < 1.29 is 33.5 Å². The monoisotopic (exact) mass is 675 g/mol. The smallest absolute Gasteiger partial charge is 0.329 e. The van der Waals surface area contributed by atoms with Crippen molar-refractivity contribution in [3.05, 3.63) is 11.6 Å². The van der Waals surface area contributed by atoms with Gasteiger partial charge in [-0.1, -0.05) is 61.0 Å². The quantitative estimate of drug-likeness (QED) is 0.345. The summed E-state index contributed by atoms with van der Waals surface area (Å²) in [5.41, 5.74) is 0.505. The lowest BCUT2D eigenvalue weighted by Gasteiger charge is -2.35. The molecule has 12 nitrogen and oxygen atoms in total. The van der Waals surface area contributed by atoms with Crippen LogP contribution in [-0.4, -0.2) is 108 Å². The van der Waals surface area contributed by atoms with Gasteiger partial charge in [0.05, 0.1) is 6.54 Å². The van der Waals surface area contributed by atoms with E-state index in [1.165, 1.54) is 16.8 Å². The molecular weight excluding hydrogens is 614 g/mol. The summed E-state index contributed by atoms with van der Waals surface area (Å²) in [6, 6.07) is -3.43. The van der Waals surface area contributed by atoms with E-state index in [0.717, 1.165) is 5.57 Å². The van der Waals surface area contributed by atoms with Crippen LogP contribution in [0.1, 0.15) is 101 Å². The molecule has 0 saturated carbocycles. The number of nitrogens with zero attached hydrogens (tertiary/aromatic N) is 3. The van der Waals surface area contributed by atoms with Gasteiger partial charge in [-0.05, 0) is 63.9 Å². The third-order valence-corrected chi connectivity index (χ3v) is 9.54. The van der Waals surface area contributed by atoms with Crippen LogP contribution >= 0.6 is 0 Å². The molecule has 0 bridgehead atoms. The van der Waals surface area contributed by atoms with Gasteiger partial charge in [-0.15, -0.1) is 0 Å². The van der Waals surface area contributed by atoms with Gasteiger partial charge in [0.2, 0.25) is 29.5 Å². The molecule has 2 aliphatic heterocycles. The van der Waals surface area contributed by atoms with E-state index in [2.05, 4.69) is 10.6 Å². The molecule has 1 saturated heterocycles. The van der Waals surface area contributed by atoms with Crippen LogP contribution in [0.3, 0.4) is 0 Å². The fourth-order valence-corrected chi connectivity index (χ4v) is 6.03. The highest BCUT2D eigenvalue weighted by Crippen LogP contribution is 2.28. The Morgan fingerprint density at radius 2 is 1.54 bits per heavy atom. The van der Waals surface area contributed by atoms with Crippen LogP contribution in [0.15, 0.2) is 11.6 Å². The van der Waals surface area contributed by atoms with E-state index in [0.29, 0.717) is 38.6 Å². The molecule has 1 fully saturated rings. The lowest BCUT2D eigenvalue weighted by Crippen LogP contribution is -2.57. The summed E-state index contributed by atoms with van der Waals surface area (Å²) >= 11 is 0. The zero-order valence-corrected chi connectivity index (χ0v) is 31.3. The maximum absolute atomic E-state index is 13.8. The van der Waals surface area contributed by atoms with Gasteiger partial charge < -0.3 is 30.1 Å². The topological polar surface area (TPSA) is 145 Å².